The second-order valence-electron chi connectivity index (χ2n) is 3.99. The van der Waals surface area contributed by atoms with Gasteiger partial charge in [0, 0.05) is 6.54 Å². The Hall–Kier alpha value is -1.74. The van der Waals surface area contributed by atoms with Crippen LogP contribution in [-0.2, 0) is 16.4 Å². The number of nitrogens with zero attached hydrogens (tertiary/aromatic N) is 2. The molecule has 1 unspecified atom stereocenters. The summed E-state index contributed by atoms with van der Waals surface area (Å²) in [6, 6.07) is 7.10. The lowest BCUT2D eigenvalue weighted by molar-refractivity contribution is 0.588. The molecule has 0 radical (unpaired) electrons. The van der Waals surface area contributed by atoms with Crippen molar-refractivity contribution in [2.45, 2.75) is 18.6 Å². The van der Waals surface area contributed by atoms with E-state index in [4.69, 9.17) is 11.0 Å². The van der Waals surface area contributed by atoms with E-state index in [9.17, 15) is 8.42 Å². The highest BCUT2D eigenvalue weighted by Gasteiger charge is 2.34. The molecule has 90 valence electrons. The van der Waals surface area contributed by atoms with Crippen molar-refractivity contribution in [2.24, 2.45) is 0 Å². The maximum absolute atomic E-state index is 12.1. The SMILES string of the molecule is CC(C#N)S(=O)(=O)N1CCc2cccc(N)c21. The molecule has 0 saturated heterocycles. The molecular formula is C11H13N3O2S. The molecule has 0 spiro atoms. The number of sulfonamides is 1. The van der Waals surface area contributed by atoms with Crippen LogP contribution in [0.3, 0.4) is 0 Å². The Morgan fingerprint density at radius 2 is 2.24 bits per heavy atom. The predicted octanol–water partition coefficient (Wildman–Crippen LogP) is 0.873. The van der Waals surface area contributed by atoms with Crippen LogP contribution in [-0.4, -0.2) is 20.2 Å². The summed E-state index contributed by atoms with van der Waals surface area (Å²) >= 11 is 0. The summed E-state index contributed by atoms with van der Waals surface area (Å²) in [7, 11) is -3.63. The largest absolute Gasteiger partial charge is 0.397 e. The zero-order valence-electron chi connectivity index (χ0n) is 9.42. The molecule has 2 rings (SSSR count). The molecule has 5 nitrogen and oxygen atoms in total. The van der Waals surface area contributed by atoms with E-state index in [0.717, 1.165) is 5.56 Å². The van der Waals surface area contributed by atoms with Crippen molar-refractivity contribution in [2.75, 3.05) is 16.6 Å². The third kappa shape index (κ3) is 1.72. The molecule has 1 heterocycles. The average molecular weight is 251 g/mol. The molecule has 0 amide bonds. The Kier molecular flexibility index (Phi) is 2.71. The summed E-state index contributed by atoms with van der Waals surface area (Å²) in [5.41, 5.74) is 7.70. The molecule has 1 aromatic carbocycles. The second kappa shape index (κ2) is 3.93. The summed E-state index contributed by atoms with van der Waals surface area (Å²) in [6.07, 6.45) is 0.637. The van der Waals surface area contributed by atoms with Crippen LogP contribution in [0, 0.1) is 11.3 Å². The maximum Gasteiger partial charge on any atom is 0.251 e. The highest BCUT2D eigenvalue weighted by Crippen LogP contribution is 2.36. The fourth-order valence-corrected chi connectivity index (χ4v) is 3.30. The number of nitriles is 1. The average Bonchev–Trinajstić information content (AvgIpc) is 2.73. The summed E-state index contributed by atoms with van der Waals surface area (Å²) in [5.74, 6) is 0. The van der Waals surface area contributed by atoms with E-state index in [-0.39, 0.29) is 0 Å². The number of nitrogen functional groups attached to an aromatic ring is 1. The van der Waals surface area contributed by atoms with Crippen molar-refractivity contribution in [3.8, 4) is 6.07 Å². The van der Waals surface area contributed by atoms with Gasteiger partial charge < -0.3 is 5.73 Å². The number of nitrogens with two attached hydrogens (primary N) is 1. The molecule has 6 heteroatoms. The zero-order valence-corrected chi connectivity index (χ0v) is 10.2. The normalized spacial score (nSPS) is 16.4. The molecule has 0 fully saturated rings. The Morgan fingerprint density at radius 1 is 1.53 bits per heavy atom. The van der Waals surface area contributed by atoms with Crippen LogP contribution in [0.2, 0.25) is 0 Å². The quantitative estimate of drug-likeness (QED) is 0.790. The van der Waals surface area contributed by atoms with Crippen molar-refractivity contribution in [3.05, 3.63) is 23.8 Å². The number of hydrogen-bond acceptors (Lipinski definition) is 4. The van der Waals surface area contributed by atoms with Gasteiger partial charge in [0.2, 0.25) is 0 Å². The van der Waals surface area contributed by atoms with Crippen LogP contribution in [0.5, 0.6) is 0 Å². The number of anilines is 2. The minimum atomic E-state index is -3.63. The highest BCUT2D eigenvalue weighted by molar-refractivity contribution is 7.93. The molecule has 1 aliphatic heterocycles. The fourth-order valence-electron chi connectivity index (χ4n) is 1.96. The van der Waals surface area contributed by atoms with Crippen LogP contribution in [0.25, 0.3) is 0 Å². The van der Waals surface area contributed by atoms with E-state index in [1.165, 1.54) is 11.2 Å². The molecule has 1 atom stereocenters. The summed E-state index contributed by atoms with van der Waals surface area (Å²) in [4.78, 5) is 0. The first-order valence-corrected chi connectivity index (χ1v) is 6.77. The van der Waals surface area contributed by atoms with Gasteiger partial charge in [-0.25, -0.2) is 8.42 Å². The number of benzene rings is 1. The molecule has 0 aromatic heterocycles. The lowest BCUT2D eigenvalue weighted by Crippen LogP contribution is -2.36. The van der Waals surface area contributed by atoms with Crippen molar-refractivity contribution in [1.29, 1.82) is 5.26 Å². The van der Waals surface area contributed by atoms with E-state index in [1.807, 2.05) is 6.07 Å². The van der Waals surface area contributed by atoms with Gasteiger partial charge in [0.15, 0.2) is 5.25 Å². The Bertz CT molecular complexity index is 589. The topological polar surface area (TPSA) is 87.2 Å². The van der Waals surface area contributed by atoms with E-state index >= 15 is 0 Å². The number of rotatable bonds is 2. The number of fused-ring (bicyclic) bond motifs is 1. The van der Waals surface area contributed by atoms with Crippen LogP contribution < -0.4 is 10.0 Å². The van der Waals surface area contributed by atoms with E-state index in [2.05, 4.69) is 0 Å². The summed E-state index contributed by atoms with van der Waals surface area (Å²) < 4.78 is 25.5. The minimum Gasteiger partial charge on any atom is -0.397 e. The summed E-state index contributed by atoms with van der Waals surface area (Å²) in [5, 5.41) is 7.70. The lowest BCUT2D eigenvalue weighted by atomic mass is 10.1. The van der Waals surface area contributed by atoms with E-state index < -0.39 is 15.3 Å². The van der Waals surface area contributed by atoms with Gasteiger partial charge in [-0.2, -0.15) is 5.26 Å². The number of hydrogen-bond donors (Lipinski definition) is 1. The molecule has 0 bridgehead atoms. The van der Waals surface area contributed by atoms with Gasteiger partial charge in [-0.15, -0.1) is 0 Å². The van der Waals surface area contributed by atoms with Crippen molar-refractivity contribution >= 4 is 21.4 Å². The van der Waals surface area contributed by atoms with Gasteiger partial charge >= 0.3 is 0 Å². The standard InChI is InChI=1S/C11H13N3O2S/c1-8(7-12)17(15,16)14-6-5-9-3-2-4-10(13)11(9)14/h2-4,8H,5-6,13H2,1H3. The van der Waals surface area contributed by atoms with E-state index in [0.29, 0.717) is 24.3 Å². The fraction of sp³-hybridized carbons (Fsp3) is 0.364. The van der Waals surface area contributed by atoms with Gasteiger partial charge in [-0.05, 0) is 25.0 Å². The van der Waals surface area contributed by atoms with Gasteiger partial charge in [-0.3, -0.25) is 4.31 Å². The molecule has 1 aromatic rings. The smallest absolute Gasteiger partial charge is 0.251 e. The zero-order chi connectivity index (χ0) is 12.6. The monoisotopic (exact) mass is 251 g/mol. The third-order valence-electron chi connectivity index (χ3n) is 2.92. The van der Waals surface area contributed by atoms with E-state index in [1.54, 1.807) is 18.2 Å². The second-order valence-corrected chi connectivity index (χ2v) is 6.17. The van der Waals surface area contributed by atoms with Gasteiger partial charge in [0.05, 0.1) is 17.4 Å². The molecule has 1 aliphatic rings. The summed E-state index contributed by atoms with van der Waals surface area (Å²) in [6.45, 7) is 1.74. The molecule has 17 heavy (non-hydrogen) atoms. The van der Waals surface area contributed by atoms with Crippen LogP contribution in [0.1, 0.15) is 12.5 Å². The Balaban J connectivity index is 2.52. The van der Waals surface area contributed by atoms with Gasteiger partial charge in [-0.1, -0.05) is 12.1 Å². The van der Waals surface area contributed by atoms with Gasteiger partial charge in [0.25, 0.3) is 10.0 Å². The Labute approximate surface area is 101 Å². The lowest BCUT2D eigenvalue weighted by Gasteiger charge is -2.21. The Morgan fingerprint density at radius 3 is 2.88 bits per heavy atom. The molecule has 0 saturated carbocycles. The molecular weight excluding hydrogens is 238 g/mol. The van der Waals surface area contributed by atoms with Crippen molar-refractivity contribution in [3.63, 3.8) is 0 Å². The van der Waals surface area contributed by atoms with Crippen molar-refractivity contribution < 1.29 is 8.42 Å². The molecule has 0 aliphatic carbocycles. The maximum atomic E-state index is 12.1. The third-order valence-corrected chi connectivity index (χ3v) is 4.90. The van der Waals surface area contributed by atoms with Gasteiger partial charge in [0.1, 0.15) is 0 Å². The number of para-hydroxylation sites is 1. The van der Waals surface area contributed by atoms with Crippen LogP contribution in [0.15, 0.2) is 18.2 Å². The highest BCUT2D eigenvalue weighted by atomic mass is 32.2. The first-order chi connectivity index (χ1) is 7.98. The van der Waals surface area contributed by atoms with Crippen LogP contribution in [0.4, 0.5) is 11.4 Å². The predicted molar refractivity (Wildman–Crippen MR) is 65.9 cm³/mol. The first-order valence-electron chi connectivity index (χ1n) is 5.27. The van der Waals surface area contributed by atoms with Crippen molar-refractivity contribution in [1.82, 2.24) is 0 Å². The minimum absolute atomic E-state index is 0.359. The first kappa shape index (κ1) is 11.7. The van der Waals surface area contributed by atoms with Crippen LogP contribution >= 0.6 is 0 Å². The molecule has 2 N–H and O–H groups in total.